The highest BCUT2D eigenvalue weighted by Crippen LogP contribution is 2.19. The summed E-state index contributed by atoms with van der Waals surface area (Å²) >= 11 is 1.25. The number of halogens is 1. The summed E-state index contributed by atoms with van der Waals surface area (Å²) in [5.41, 5.74) is 3.45. The van der Waals surface area contributed by atoms with E-state index >= 15 is 0 Å². The van der Waals surface area contributed by atoms with Gasteiger partial charge in [-0.3, -0.25) is 4.79 Å². The summed E-state index contributed by atoms with van der Waals surface area (Å²) in [7, 11) is 0. The predicted molar refractivity (Wildman–Crippen MR) is 86.4 cm³/mol. The molecule has 0 atom stereocenters. The van der Waals surface area contributed by atoms with Gasteiger partial charge in [-0.05, 0) is 50.6 Å². The van der Waals surface area contributed by atoms with Crippen LogP contribution in [0.4, 0.5) is 4.39 Å². The molecular weight excluding hydrogens is 315 g/mol. The van der Waals surface area contributed by atoms with Gasteiger partial charge in [0.2, 0.25) is 5.16 Å². The van der Waals surface area contributed by atoms with Crippen molar-refractivity contribution in [2.24, 2.45) is 0 Å². The molecule has 0 unspecified atom stereocenters. The molecule has 0 aliphatic heterocycles. The molecule has 2 aromatic heterocycles. The standard InChI is InChI=1S/C16H15FN4OS/c1-9-10(2)18-15-19-16(20-21(15)11(9)3)23-8-14(22)12-4-6-13(17)7-5-12/h4-7H,8H2,1-3H3. The summed E-state index contributed by atoms with van der Waals surface area (Å²) in [4.78, 5) is 20.8. The zero-order valence-corrected chi connectivity index (χ0v) is 13.8. The average molecular weight is 330 g/mol. The van der Waals surface area contributed by atoms with Crippen LogP contribution in [0.1, 0.15) is 27.3 Å². The van der Waals surface area contributed by atoms with Crippen LogP contribution in [-0.2, 0) is 0 Å². The van der Waals surface area contributed by atoms with E-state index in [4.69, 9.17) is 0 Å². The van der Waals surface area contributed by atoms with Crippen LogP contribution >= 0.6 is 11.8 Å². The van der Waals surface area contributed by atoms with E-state index in [1.54, 1.807) is 4.52 Å². The Morgan fingerprint density at radius 3 is 2.57 bits per heavy atom. The molecule has 2 heterocycles. The first kappa shape index (κ1) is 15.6. The van der Waals surface area contributed by atoms with Crippen molar-refractivity contribution in [1.29, 1.82) is 0 Å². The zero-order valence-electron chi connectivity index (χ0n) is 13.0. The number of ketones is 1. The number of carbonyl (C=O) groups is 1. The molecule has 0 saturated heterocycles. The van der Waals surface area contributed by atoms with Crippen molar-refractivity contribution < 1.29 is 9.18 Å². The van der Waals surface area contributed by atoms with E-state index in [0.717, 1.165) is 17.0 Å². The van der Waals surface area contributed by atoms with Crippen molar-refractivity contribution in [2.45, 2.75) is 25.9 Å². The van der Waals surface area contributed by atoms with Gasteiger partial charge >= 0.3 is 0 Å². The van der Waals surface area contributed by atoms with Crippen LogP contribution < -0.4 is 0 Å². The summed E-state index contributed by atoms with van der Waals surface area (Å²) in [5.74, 6) is 0.274. The number of benzene rings is 1. The molecule has 0 spiro atoms. The van der Waals surface area contributed by atoms with E-state index in [0.29, 0.717) is 16.5 Å². The van der Waals surface area contributed by atoms with Gasteiger partial charge in [0.25, 0.3) is 5.78 Å². The van der Waals surface area contributed by atoms with Crippen LogP contribution in [0.3, 0.4) is 0 Å². The van der Waals surface area contributed by atoms with Gasteiger partial charge in [-0.2, -0.15) is 4.98 Å². The van der Waals surface area contributed by atoms with E-state index in [9.17, 15) is 9.18 Å². The second kappa shape index (κ2) is 6.08. The number of aryl methyl sites for hydroxylation is 2. The van der Waals surface area contributed by atoms with Gasteiger partial charge in [0, 0.05) is 17.0 Å². The van der Waals surface area contributed by atoms with E-state index in [-0.39, 0.29) is 17.4 Å². The van der Waals surface area contributed by atoms with Crippen molar-refractivity contribution in [3.63, 3.8) is 0 Å². The number of fused-ring (bicyclic) bond motifs is 1. The fourth-order valence-electron chi connectivity index (χ4n) is 2.15. The van der Waals surface area contributed by atoms with Gasteiger partial charge < -0.3 is 0 Å². The highest BCUT2D eigenvalue weighted by molar-refractivity contribution is 7.99. The topological polar surface area (TPSA) is 60.2 Å². The lowest BCUT2D eigenvalue weighted by atomic mass is 10.1. The molecule has 0 saturated carbocycles. The number of aromatic nitrogens is 4. The molecular formula is C16H15FN4OS. The van der Waals surface area contributed by atoms with E-state index in [1.807, 2.05) is 20.8 Å². The highest BCUT2D eigenvalue weighted by Gasteiger charge is 2.13. The van der Waals surface area contributed by atoms with Gasteiger partial charge in [0.15, 0.2) is 5.78 Å². The second-order valence-corrected chi connectivity index (χ2v) is 6.18. The second-order valence-electron chi connectivity index (χ2n) is 5.23. The third-order valence-electron chi connectivity index (χ3n) is 3.74. The normalized spacial score (nSPS) is 11.1. The molecule has 0 radical (unpaired) electrons. The largest absolute Gasteiger partial charge is 0.293 e. The molecule has 0 fully saturated rings. The van der Waals surface area contributed by atoms with Crippen LogP contribution in [0.25, 0.3) is 5.78 Å². The fourth-order valence-corrected chi connectivity index (χ4v) is 2.86. The van der Waals surface area contributed by atoms with Crippen LogP contribution in [-0.4, -0.2) is 31.1 Å². The maximum absolute atomic E-state index is 12.9. The van der Waals surface area contributed by atoms with Crippen molar-refractivity contribution >= 4 is 23.3 Å². The third kappa shape index (κ3) is 3.10. The Morgan fingerprint density at radius 2 is 1.87 bits per heavy atom. The molecule has 3 rings (SSSR count). The number of nitrogens with zero attached hydrogens (tertiary/aromatic N) is 4. The molecule has 118 valence electrons. The number of hydrogen-bond donors (Lipinski definition) is 0. The van der Waals surface area contributed by atoms with E-state index < -0.39 is 0 Å². The van der Waals surface area contributed by atoms with Gasteiger partial charge in [-0.15, -0.1) is 5.10 Å². The summed E-state index contributed by atoms with van der Waals surface area (Å²) in [6, 6.07) is 5.52. The van der Waals surface area contributed by atoms with E-state index in [2.05, 4.69) is 15.1 Å². The van der Waals surface area contributed by atoms with Crippen molar-refractivity contribution in [3.8, 4) is 0 Å². The summed E-state index contributed by atoms with van der Waals surface area (Å²) < 4.78 is 14.6. The summed E-state index contributed by atoms with van der Waals surface area (Å²) in [6.07, 6.45) is 0. The minimum atomic E-state index is -0.358. The summed E-state index contributed by atoms with van der Waals surface area (Å²) in [6.45, 7) is 5.88. The number of hydrogen-bond acceptors (Lipinski definition) is 5. The quantitative estimate of drug-likeness (QED) is 0.543. The zero-order chi connectivity index (χ0) is 16.6. The minimum Gasteiger partial charge on any atom is -0.293 e. The van der Waals surface area contributed by atoms with Crippen LogP contribution in [0.5, 0.6) is 0 Å². The van der Waals surface area contributed by atoms with Gasteiger partial charge in [-0.1, -0.05) is 11.8 Å². The van der Waals surface area contributed by atoms with Crippen LogP contribution in [0.15, 0.2) is 29.4 Å². The highest BCUT2D eigenvalue weighted by atomic mass is 32.2. The predicted octanol–water partition coefficient (Wildman–Crippen LogP) is 3.16. The Hall–Kier alpha value is -2.28. The lowest BCUT2D eigenvalue weighted by Crippen LogP contribution is -2.03. The Labute approximate surface area is 137 Å². The minimum absolute atomic E-state index is 0.0918. The molecule has 0 aliphatic rings. The molecule has 7 heteroatoms. The molecule has 0 bridgehead atoms. The van der Waals surface area contributed by atoms with E-state index in [1.165, 1.54) is 36.0 Å². The monoisotopic (exact) mass is 330 g/mol. The first-order valence-electron chi connectivity index (χ1n) is 7.08. The molecule has 23 heavy (non-hydrogen) atoms. The molecule has 0 aliphatic carbocycles. The number of Topliss-reactive ketones (excluding diaryl/α,β-unsaturated/α-hetero) is 1. The number of rotatable bonds is 4. The fraction of sp³-hybridized carbons (Fsp3) is 0.250. The lowest BCUT2D eigenvalue weighted by Gasteiger charge is -2.04. The van der Waals surface area contributed by atoms with Gasteiger partial charge in [0.1, 0.15) is 5.82 Å². The Morgan fingerprint density at radius 1 is 1.17 bits per heavy atom. The maximum atomic E-state index is 12.9. The molecule has 0 N–H and O–H groups in total. The van der Waals surface area contributed by atoms with Crippen molar-refractivity contribution in [1.82, 2.24) is 19.6 Å². The first-order chi connectivity index (χ1) is 11.0. The smallest absolute Gasteiger partial charge is 0.253 e. The maximum Gasteiger partial charge on any atom is 0.253 e. The molecule has 0 amide bonds. The van der Waals surface area contributed by atoms with Crippen LogP contribution in [0.2, 0.25) is 0 Å². The molecule has 3 aromatic rings. The Bertz CT molecular complexity index is 889. The van der Waals surface area contributed by atoms with Crippen molar-refractivity contribution in [2.75, 3.05) is 5.75 Å². The van der Waals surface area contributed by atoms with Gasteiger partial charge in [-0.25, -0.2) is 13.9 Å². The average Bonchev–Trinajstić information content (AvgIpc) is 2.94. The first-order valence-corrected chi connectivity index (χ1v) is 8.06. The van der Waals surface area contributed by atoms with Crippen LogP contribution in [0, 0.1) is 26.6 Å². The Balaban J connectivity index is 1.78. The number of thioether (sulfide) groups is 1. The SMILES string of the molecule is Cc1nc2nc(SCC(=O)c3ccc(F)cc3)nn2c(C)c1C. The number of carbonyl (C=O) groups excluding carboxylic acids is 1. The summed E-state index contributed by atoms with van der Waals surface area (Å²) in [5, 5.41) is 4.89. The molecule has 1 aromatic carbocycles. The lowest BCUT2D eigenvalue weighted by molar-refractivity contribution is 0.102. The third-order valence-corrected chi connectivity index (χ3v) is 4.58. The Kier molecular flexibility index (Phi) is 4.12. The van der Waals surface area contributed by atoms with Crippen molar-refractivity contribution in [3.05, 3.63) is 52.6 Å². The molecule has 5 nitrogen and oxygen atoms in total. The van der Waals surface area contributed by atoms with Gasteiger partial charge in [0.05, 0.1) is 5.75 Å².